The van der Waals surface area contributed by atoms with Crippen LogP contribution in [-0.4, -0.2) is 70.4 Å². The first-order chi connectivity index (χ1) is 13.6. The lowest BCUT2D eigenvalue weighted by Gasteiger charge is -2.32. The fourth-order valence-electron chi connectivity index (χ4n) is 3.08. The highest BCUT2D eigenvalue weighted by Gasteiger charge is 2.25. The lowest BCUT2D eigenvalue weighted by atomic mass is 9.97. The lowest BCUT2D eigenvalue weighted by Crippen LogP contribution is -2.45. The number of carboxylic acids is 2. The standard InChI is InChI=1S/C18H28N2O3.C2H2O4/c1-13(2)16-7-3-4-8-17(16)23-12-15(21)11-20-9-5-6-14(10-20)18(19)22;3-1(4)2(5)6/h3-4,7-8,13-15,21H,5-6,9-12H2,1-2H3,(H2,19,22);(H,3,4)(H,5,6). The number of hydrogen-bond donors (Lipinski definition) is 4. The quantitative estimate of drug-likeness (QED) is 0.484. The Hall–Kier alpha value is -2.65. The molecular weight excluding hydrogens is 380 g/mol. The molecule has 1 aliphatic heterocycles. The molecule has 1 heterocycles. The Morgan fingerprint density at radius 1 is 1.21 bits per heavy atom. The van der Waals surface area contributed by atoms with Gasteiger partial charge in [-0.2, -0.15) is 0 Å². The number of para-hydroxylation sites is 1. The molecule has 1 aromatic carbocycles. The van der Waals surface area contributed by atoms with Crippen LogP contribution in [0.25, 0.3) is 0 Å². The minimum absolute atomic E-state index is 0.0986. The van der Waals surface area contributed by atoms with Crippen LogP contribution in [-0.2, 0) is 14.4 Å². The summed E-state index contributed by atoms with van der Waals surface area (Å²) in [5.41, 5.74) is 6.53. The molecule has 0 aromatic heterocycles. The van der Waals surface area contributed by atoms with Crippen LogP contribution in [0.1, 0.15) is 38.2 Å². The summed E-state index contributed by atoms with van der Waals surface area (Å²) in [6.45, 7) is 6.53. The minimum Gasteiger partial charge on any atom is -0.491 e. The van der Waals surface area contributed by atoms with Gasteiger partial charge in [-0.3, -0.25) is 9.69 Å². The number of carbonyl (C=O) groups excluding carboxylic acids is 1. The number of carboxylic acid groups (broad SMARTS) is 2. The fraction of sp³-hybridized carbons (Fsp3) is 0.550. The van der Waals surface area contributed by atoms with Crippen LogP contribution < -0.4 is 10.5 Å². The molecule has 1 aromatic rings. The SMILES string of the molecule is CC(C)c1ccccc1OCC(O)CN1CCCC(C(N)=O)C1.O=C(O)C(=O)O. The number of aliphatic carboxylic acids is 2. The van der Waals surface area contributed by atoms with Gasteiger partial charge in [0, 0.05) is 13.1 Å². The van der Waals surface area contributed by atoms with E-state index in [-0.39, 0.29) is 18.4 Å². The number of hydrogen-bond acceptors (Lipinski definition) is 6. The molecule has 0 aliphatic carbocycles. The minimum atomic E-state index is -1.82. The fourth-order valence-corrected chi connectivity index (χ4v) is 3.08. The molecule has 0 spiro atoms. The van der Waals surface area contributed by atoms with E-state index >= 15 is 0 Å². The zero-order valence-electron chi connectivity index (χ0n) is 16.8. The summed E-state index contributed by atoms with van der Waals surface area (Å²) in [6.07, 6.45) is 1.21. The van der Waals surface area contributed by atoms with Crippen molar-refractivity contribution >= 4 is 17.8 Å². The predicted octanol–water partition coefficient (Wildman–Crippen LogP) is 0.903. The lowest BCUT2D eigenvalue weighted by molar-refractivity contribution is -0.159. The first kappa shape index (κ1) is 24.4. The molecule has 1 saturated heterocycles. The molecule has 2 rings (SSSR count). The Balaban J connectivity index is 0.000000612. The maximum Gasteiger partial charge on any atom is 0.414 e. The molecule has 29 heavy (non-hydrogen) atoms. The Morgan fingerprint density at radius 3 is 2.38 bits per heavy atom. The molecule has 1 fully saturated rings. The first-order valence-corrected chi connectivity index (χ1v) is 9.49. The number of ether oxygens (including phenoxy) is 1. The van der Waals surface area contributed by atoms with Crippen LogP contribution in [0.5, 0.6) is 5.75 Å². The molecule has 162 valence electrons. The molecule has 1 amide bonds. The van der Waals surface area contributed by atoms with Crippen molar-refractivity contribution in [1.82, 2.24) is 4.90 Å². The average Bonchev–Trinajstić information content (AvgIpc) is 2.67. The molecule has 2 unspecified atom stereocenters. The van der Waals surface area contributed by atoms with E-state index in [1.165, 1.54) is 0 Å². The molecule has 1 aliphatic rings. The van der Waals surface area contributed by atoms with Gasteiger partial charge in [-0.05, 0) is 36.9 Å². The number of benzene rings is 1. The van der Waals surface area contributed by atoms with E-state index in [0.29, 0.717) is 19.0 Å². The van der Waals surface area contributed by atoms with Gasteiger partial charge in [0.05, 0.1) is 5.92 Å². The van der Waals surface area contributed by atoms with Crippen LogP contribution in [0.4, 0.5) is 0 Å². The summed E-state index contributed by atoms with van der Waals surface area (Å²) >= 11 is 0. The van der Waals surface area contributed by atoms with Crippen molar-refractivity contribution in [1.29, 1.82) is 0 Å². The summed E-state index contributed by atoms with van der Waals surface area (Å²) < 4.78 is 5.81. The summed E-state index contributed by atoms with van der Waals surface area (Å²) in [5.74, 6) is -2.79. The summed E-state index contributed by atoms with van der Waals surface area (Å²) in [5, 5.41) is 25.0. The highest BCUT2D eigenvalue weighted by molar-refractivity contribution is 6.27. The number of aliphatic hydroxyl groups is 1. The highest BCUT2D eigenvalue weighted by Crippen LogP contribution is 2.26. The molecule has 0 radical (unpaired) electrons. The van der Waals surface area contributed by atoms with Gasteiger partial charge in [-0.25, -0.2) is 9.59 Å². The second-order valence-electron chi connectivity index (χ2n) is 7.27. The number of piperidine rings is 1. The van der Waals surface area contributed by atoms with Crippen LogP contribution in [0.15, 0.2) is 24.3 Å². The third kappa shape index (κ3) is 8.93. The Labute approximate surface area is 170 Å². The van der Waals surface area contributed by atoms with Crippen LogP contribution in [0.3, 0.4) is 0 Å². The zero-order chi connectivity index (χ0) is 22.0. The number of aliphatic hydroxyl groups excluding tert-OH is 1. The van der Waals surface area contributed by atoms with E-state index in [9.17, 15) is 9.90 Å². The molecule has 9 nitrogen and oxygen atoms in total. The second-order valence-corrected chi connectivity index (χ2v) is 7.27. The third-order valence-electron chi connectivity index (χ3n) is 4.53. The van der Waals surface area contributed by atoms with Crippen molar-refractivity contribution in [3.63, 3.8) is 0 Å². The third-order valence-corrected chi connectivity index (χ3v) is 4.53. The Bertz CT molecular complexity index is 681. The number of nitrogens with two attached hydrogens (primary N) is 1. The van der Waals surface area contributed by atoms with Crippen molar-refractivity contribution in [3.8, 4) is 5.75 Å². The van der Waals surface area contributed by atoms with Gasteiger partial charge in [-0.15, -0.1) is 0 Å². The normalized spacial score (nSPS) is 17.7. The molecule has 5 N–H and O–H groups in total. The Kier molecular flexibility index (Phi) is 10.1. The number of β-amino-alcohol motifs (C(OH)–C–C–N with tert-alkyl or cyclic N) is 1. The van der Waals surface area contributed by atoms with E-state index in [1.54, 1.807) is 0 Å². The van der Waals surface area contributed by atoms with Crippen molar-refractivity contribution in [2.24, 2.45) is 11.7 Å². The van der Waals surface area contributed by atoms with E-state index in [4.69, 9.17) is 30.3 Å². The van der Waals surface area contributed by atoms with E-state index in [0.717, 1.165) is 30.7 Å². The van der Waals surface area contributed by atoms with Gasteiger partial charge in [0.15, 0.2) is 0 Å². The molecule has 0 bridgehead atoms. The van der Waals surface area contributed by atoms with Gasteiger partial charge >= 0.3 is 11.9 Å². The van der Waals surface area contributed by atoms with E-state index in [2.05, 4.69) is 24.8 Å². The zero-order valence-corrected chi connectivity index (χ0v) is 16.8. The van der Waals surface area contributed by atoms with Gasteiger partial charge in [0.25, 0.3) is 0 Å². The molecule has 2 atom stereocenters. The molecule has 9 heteroatoms. The topological polar surface area (TPSA) is 150 Å². The van der Waals surface area contributed by atoms with Crippen molar-refractivity contribution < 1.29 is 34.4 Å². The molecular formula is C20H30N2O7. The van der Waals surface area contributed by atoms with Crippen molar-refractivity contribution in [2.45, 2.75) is 38.7 Å². The van der Waals surface area contributed by atoms with Crippen molar-refractivity contribution in [2.75, 3.05) is 26.2 Å². The van der Waals surface area contributed by atoms with Gasteiger partial charge in [0.2, 0.25) is 5.91 Å². The van der Waals surface area contributed by atoms with Gasteiger partial charge < -0.3 is 25.8 Å². The van der Waals surface area contributed by atoms with Crippen LogP contribution in [0, 0.1) is 5.92 Å². The molecule has 0 saturated carbocycles. The van der Waals surface area contributed by atoms with Crippen LogP contribution in [0.2, 0.25) is 0 Å². The number of primary amides is 1. The summed E-state index contributed by atoms with van der Waals surface area (Å²) in [4.78, 5) is 31.6. The Morgan fingerprint density at radius 2 is 1.83 bits per heavy atom. The van der Waals surface area contributed by atoms with Crippen LogP contribution >= 0.6 is 0 Å². The average molecular weight is 410 g/mol. The maximum atomic E-state index is 11.3. The highest BCUT2D eigenvalue weighted by atomic mass is 16.5. The number of likely N-dealkylation sites (tertiary alicyclic amines) is 1. The monoisotopic (exact) mass is 410 g/mol. The number of rotatable bonds is 7. The second kappa shape index (κ2) is 12.0. The van der Waals surface area contributed by atoms with Crippen molar-refractivity contribution in [3.05, 3.63) is 29.8 Å². The van der Waals surface area contributed by atoms with E-state index in [1.807, 2.05) is 18.2 Å². The number of nitrogens with zero attached hydrogens (tertiary/aromatic N) is 1. The smallest absolute Gasteiger partial charge is 0.414 e. The largest absolute Gasteiger partial charge is 0.491 e. The number of carbonyl (C=O) groups is 3. The van der Waals surface area contributed by atoms with Gasteiger partial charge in [-0.1, -0.05) is 32.0 Å². The van der Waals surface area contributed by atoms with E-state index < -0.39 is 18.0 Å². The summed E-state index contributed by atoms with van der Waals surface area (Å²) in [6, 6.07) is 7.92. The summed E-state index contributed by atoms with van der Waals surface area (Å²) in [7, 11) is 0. The van der Waals surface area contributed by atoms with Gasteiger partial charge in [0.1, 0.15) is 18.5 Å². The maximum absolute atomic E-state index is 11.3. The number of amides is 1. The predicted molar refractivity (Wildman–Crippen MR) is 106 cm³/mol. The first-order valence-electron chi connectivity index (χ1n) is 9.49.